The number of aromatic nitrogens is 2. The fourth-order valence-electron chi connectivity index (χ4n) is 4.81. The smallest absolute Gasteiger partial charge is 0.356 e. The summed E-state index contributed by atoms with van der Waals surface area (Å²) >= 11 is 0. The van der Waals surface area contributed by atoms with Crippen LogP contribution in [0.4, 0.5) is 0 Å². The van der Waals surface area contributed by atoms with Crippen LogP contribution >= 0.6 is 0 Å². The van der Waals surface area contributed by atoms with Gasteiger partial charge in [0.1, 0.15) is 11.4 Å². The van der Waals surface area contributed by atoms with Gasteiger partial charge >= 0.3 is 11.9 Å². The molecule has 0 amide bonds. The first-order valence-corrected chi connectivity index (χ1v) is 15.4. The summed E-state index contributed by atoms with van der Waals surface area (Å²) in [5.74, 6) is -0.940. The normalized spacial score (nSPS) is 14.3. The van der Waals surface area contributed by atoms with Crippen molar-refractivity contribution >= 4 is 18.2 Å². The number of carbonyl (C=O) groups is 3. The van der Waals surface area contributed by atoms with Gasteiger partial charge in [0.05, 0.1) is 52.0 Å². The molecule has 0 spiro atoms. The molecule has 2 aliphatic heterocycles. The minimum atomic E-state index is -0.523. The molecular weight excluding hydrogens is 600 g/mol. The van der Waals surface area contributed by atoms with Gasteiger partial charge in [0.15, 0.2) is 6.29 Å². The number of carbonyl (C=O) groups excluding carboxylic acids is 3. The van der Waals surface area contributed by atoms with E-state index in [-0.39, 0.29) is 5.69 Å². The van der Waals surface area contributed by atoms with Gasteiger partial charge in [0.25, 0.3) is 0 Å². The van der Waals surface area contributed by atoms with E-state index in [1.807, 2.05) is 66.7 Å². The molecule has 0 atom stereocenters. The van der Waals surface area contributed by atoms with Crippen molar-refractivity contribution in [2.45, 2.75) is 6.54 Å². The van der Waals surface area contributed by atoms with Gasteiger partial charge < -0.3 is 24.3 Å². The summed E-state index contributed by atoms with van der Waals surface area (Å²) in [6.45, 7) is 7.96. The number of ether oxygens (including phenoxy) is 4. The maximum Gasteiger partial charge on any atom is 0.356 e. The molecule has 11 heteroatoms. The quantitative estimate of drug-likeness (QED) is 0.229. The topological polar surface area (TPSA) is 129 Å². The molecule has 4 aromatic rings. The Morgan fingerprint density at radius 1 is 0.723 bits per heavy atom. The molecule has 47 heavy (non-hydrogen) atoms. The molecule has 0 bridgehead atoms. The molecule has 0 saturated carbocycles. The van der Waals surface area contributed by atoms with E-state index >= 15 is 0 Å². The van der Waals surface area contributed by atoms with E-state index in [0.717, 1.165) is 87.8 Å². The van der Waals surface area contributed by atoms with Crippen molar-refractivity contribution in [1.82, 2.24) is 20.2 Å². The molecule has 4 heterocycles. The maximum absolute atomic E-state index is 11.8. The van der Waals surface area contributed by atoms with Crippen molar-refractivity contribution in [3.63, 3.8) is 0 Å². The minimum absolute atomic E-state index is 0.182. The fraction of sp³-hybridized carbons (Fsp3) is 0.306. The molecule has 2 fully saturated rings. The van der Waals surface area contributed by atoms with Crippen molar-refractivity contribution in [1.29, 1.82) is 0 Å². The van der Waals surface area contributed by atoms with Crippen molar-refractivity contribution < 1.29 is 33.3 Å². The molecule has 246 valence electrons. The number of nitrogens with zero attached hydrogens (tertiary/aromatic N) is 3. The van der Waals surface area contributed by atoms with Crippen molar-refractivity contribution in [2.75, 3.05) is 66.8 Å². The zero-order valence-electron chi connectivity index (χ0n) is 26.7. The van der Waals surface area contributed by atoms with Crippen molar-refractivity contribution in [2.24, 2.45) is 0 Å². The highest BCUT2D eigenvalue weighted by molar-refractivity contribution is 5.91. The first kappa shape index (κ1) is 35.1. The Morgan fingerprint density at radius 2 is 1.23 bits per heavy atom. The lowest BCUT2D eigenvalue weighted by Crippen LogP contribution is -2.35. The van der Waals surface area contributed by atoms with Gasteiger partial charge in [-0.05, 0) is 23.8 Å². The molecule has 6 rings (SSSR count). The summed E-state index contributed by atoms with van der Waals surface area (Å²) in [5.41, 5.74) is 5.15. The lowest BCUT2D eigenvalue weighted by molar-refractivity contribution is 0.0342. The third-order valence-electron chi connectivity index (χ3n) is 7.26. The van der Waals surface area contributed by atoms with E-state index in [9.17, 15) is 14.4 Å². The highest BCUT2D eigenvalue weighted by Gasteiger charge is 2.17. The number of rotatable bonds is 7. The molecule has 11 nitrogen and oxygen atoms in total. The summed E-state index contributed by atoms with van der Waals surface area (Å²) < 4.78 is 19.8. The second kappa shape index (κ2) is 19.0. The summed E-state index contributed by atoms with van der Waals surface area (Å²) in [5, 5.41) is 3.16. The first-order chi connectivity index (χ1) is 23.0. The molecule has 0 unspecified atom stereocenters. The SMILES string of the molecule is C1COCCN1.COC(=O)c1ccc(C=O)c(-c2ccccc2)n1.COC(=O)c1ccc(CN2CCOCC2)c(-c2ccccc2)n1. The van der Waals surface area contributed by atoms with E-state index in [4.69, 9.17) is 14.2 Å². The predicted octanol–water partition coefficient (Wildman–Crippen LogP) is 4.32. The zero-order valence-corrected chi connectivity index (χ0v) is 26.7. The van der Waals surface area contributed by atoms with Crippen LogP contribution in [0.2, 0.25) is 0 Å². The summed E-state index contributed by atoms with van der Waals surface area (Å²) in [6, 6.07) is 25.9. The molecule has 2 aliphatic rings. The van der Waals surface area contributed by atoms with Gasteiger partial charge in [-0.3, -0.25) is 9.69 Å². The van der Waals surface area contributed by atoms with E-state index in [1.54, 1.807) is 12.1 Å². The standard InChI is InChI=1S/C18H20N2O3.C14H11NO3.C4H9NO/c1-22-18(21)16-8-7-15(13-20-9-11-23-12-10-20)17(19-16)14-5-3-2-4-6-14;1-18-14(17)12-8-7-11(9-16)13(15-12)10-5-3-2-4-6-10;1-3-6-4-2-5-1/h2-8H,9-13H2,1H3;2-9H,1H3;5H,1-4H2. The Kier molecular flexibility index (Phi) is 14.2. The number of pyridine rings is 2. The summed E-state index contributed by atoms with van der Waals surface area (Å²) in [7, 11) is 2.66. The van der Waals surface area contributed by atoms with Gasteiger partial charge in [-0.25, -0.2) is 19.6 Å². The van der Waals surface area contributed by atoms with Gasteiger partial charge in [-0.2, -0.15) is 0 Å². The third kappa shape index (κ3) is 10.6. The van der Waals surface area contributed by atoms with E-state index in [2.05, 4.69) is 24.9 Å². The van der Waals surface area contributed by atoms with Crippen molar-refractivity contribution in [3.05, 3.63) is 107 Å². The third-order valence-corrected chi connectivity index (χ3v) is 7.26. The van der Waals surface area contributed by atoms with Crippen LogP contribution in [-0.4, -0.2) is 99.9 Å². The van der Waals surface area contributed by atoms with Crippen LogP contribution in [0, 0.1) is 0 Å². The van der Waals surface area contributed by atoms with Crippen LogP contribution in [0.5, 0.6) is 0 Å². The Bertz CT molecular complexity index is 1560. The van der Waals surface area contributed by atoms with Gasteiger partial charge in [-0.15, -0.1) is 0 Å². The van der Waals surface area contributed by atoms with E-state index in [0.29, 0.717) is 17.0 Å². The molecule has 0 aliphatic carbocycles. The monoisotopic (exact) mass is 640 g/mol. The fourth-order valence-corrected chi connectivity index (χ4v) is 4.81. The number of nitrogens with one attached hydrogen (secondary N) is 1. The summed E-state index contributed by atoms with van der Waals surface area (Å²) in [6.07, 6.45) is 0.719. The average molecular weight is 641 g/mol. The van der Waals surface area contributed by atoms with Crippen molar-refractivity contribution in [3.8, 4) is 22.5 Å². The lowest BCUT2D eigenvalue weighted by atomic mass is 10.0. The van der Waals surface area contributed by atoms with Gasteiger partial charge in [0.2, 0.25) is 0 Å². The van der Waals surface area contributed by atoms with E-state index < -0.39 is 11.9 Å². The maximum atomic E-state index is 11.8. The van der Waals surface area contributed by atoms with Crippen LogP contribution in [0.1, 0.15) is 36.9 Å². The van der Waals surface area contributed by atoms with Crippen LogP contribution < -0.4 is 5.32 Å². The Morgan fingerprint density at radius 3 is 1.72 bits per heavy atom. The Labute approximate surface area is 274 Å². The number of methoxy groups -OCH3 is 2. The molecular formula is C36H40N4O7. The largest absolute Gasteiger partial charge is 0.464 e. The van der Waals surface area contributed by atoms with Gasteiger partial charge in [-0.1, -0.05) is 66.7 Å². The summed E-state index contributed by atoms with van der Waals surface area (Å²) in [4.78, 5) is 45.3. The highest BCUT2D eigenvalue weighted by Crippen LogP contribution is 2.24. The van der Waals surface area contributed by atoms with E-state index in [1.165, 1.54) is 20.3 Å². The van der Waals surface area contributed by atoms with Gasteiger partial charge in [0, 0.05) is 49.4 Å². The highest BCUT2D eigenvalue weighted by atomic mass is 16.5. The number of benzene rings is 2. The van der Waals surface area contributed by atoms with Crippen LogP contribution in [-0.2, 0) is 25.5 Å². The van der Waals surface area contributed by atoms with Crippen LogP contribution in [0.3, 0.4) is 0 Å². The second-order valence-corrected chi connectivity index (χ2v) is 10.4. The Balaban J connectivity index is 0.000000184. The molecule has 2 aromatic carbocycles. The number of hydrogen-bond donors (Lipinski definition) is 1. The average Bonchev–Trinajstić information content (AvgIpc) is 3.16. The molecule has 2 saturated heterocycles. The molecule has 0 radical (unpaired) electrons. The number of esters is 2. The second-order valence-electron chi connectivity index (χ2n) is 10.4. The lowest BCUT2D eigenvalue weighted by Gasteiger charge is -2.27. The first-order valence-electron chi connectivity index (χ1n) is 15.4. The van der Waals surface area contributed by atoms with Crippen LogP contribution in [0.25, 0.3) is 22.5 Å². The molecule has 2 aromatic heterocycles. The van der Waals surface area contributed by atoms with Crippen LogP contribution in [0.15, 0.2) is 84.9 Å². The number of hydrogen-bond acceptors (Lipinski definition) is 11. The molecule has 1 N–H and O–H groups in total. The number of aldehydes is 1. The minimum Gasteiger partial charge on any atom is -0.464 e. The zero-order chi connectivity index (χ0) is 33.3. The predicted molar refractivity (Wildman–Crippen MR) is 177 cm³/mol. The number of morpholine rings is 2. The Hall–Kier alpha value is -4.81.